The lowest BCUT2D eigenvalue weighted by Crippen LogP contribution is -2.12. The maximum absolute atomic E-state index is 13.7. The zero-order valence-corrected chi connectivity index (χ0v) is 9.37. The highest BCUT2D eigenvalue weighted by Crippen LogP contribution is 2.29. The van der Waals surface area contributed by atoms with Crippen LogP contribution in [0.2, 0.25) is 0 Å². The molecule has 0 radical (unpaired) electrons. The number of nitrogens with two attached hydrogens (primary N) is 1. The maximum Gasteiger partial charge on any atom is 0.419 e. The summed E-state index contributed by atoms with van der Waals surface area (Å²) in [7, 11) is 0. The second kappa shape index (κ2) is 4.38. The van der Waals surface area contributed by atoms with Crippen LogP contribution in [0, 0.1) is 11.2 Å². The van der Waals surface area contributed by atoms with Gasteiger partial charge in [0.1, 0.15) is 17.3 Å². The lowest BCUT2D eigenvalue weighted by molar-refractivity contribution is -0.137. The summed E-state index contributed by atoms with van der Waals surface area (Å²) in [5.41, 5.74) is 4.20. The molecule has 0 amide bonds. The summed E-state index contributed by atoms with van der Waals surface area (Å²) in [6, 6.07) is 3.50. The van der Waals surface area contributed by atoms with E-state index in [9.17, 15) is 17.6 Å². The lowest BCUT2D eigenvalue weighted by Gasteiger charge is -2.05. The quantitative estimate of drug-likeness (QED) is 0.500. The van der Waals surface area contributed by atoms with E-state index in [0.717, 1.165) is 10.7 Å². The van der Waals surface area contributed by atoms with Crippen molar-refractivity contribution in [3.8, 4) is 5.69 Å². The second-order valence-corrected chi connectivity index (χ2v) is 3.75. The van der Waals surface area contributed by atoms with Gasteiger partial charge >= 0.3 is 6.18 Å². The Labute approximate surface area is 105 Å². The van der Waals surface area contributed by atoms with Crippen molar-refractivity contribution in [2.75, 3.05) is 0 Å². The minimum Gasteiger partial charge on any atom is -0.384 e. The minimum atomic E-state index is -4.53. The molecule has 0 bridgehead atoms. The molecule has 3 N–H and O–H groups in total. The van der Waals surface area contributed by atoms with Crippen LogP contribution in [-0.4, -0.2) is 15.6 Å². The molecule has 0 aliphatic heterocycles. The van der Waals surface area contributed by atoms with Gasteiger partial charge in [-0.3, -0.25) is 5.41 Å². The van der Waals surface area contributed by atoms with Crippen LogP contribution < -0.4 is 5.73 Å². The molecule has 1 aromatic carbocycles. The van der Waals surface area contributed by atoms with Gasteiger partial charge in [-0.1, -0.05) is 0 Å². The van der Waals surface area contributed by atoms with Crippen LogP contribution in [0.1, 0.15) is 11.1 Å². The number of halogens is 4. The number of benzene rings is 1. The number of amidine groups is 1. The molecule has 2 rings (SSSR count). The van der Waals surface area contributed by atoms with Gasteiger partial charge in [-0.05, 0) is 18.2 Å². The third kappa shape index (κ3) is 2.56. The Hall–Kier alpha value is -2.38. The molecule has 4 nitrogen and oxygen atoms in total. The van der Waals surface area contributed by atoms with Gasteiger partial charge in [0.25, 0.3) is 0 Å². The van der Waals surface area contributed by atoms with Crippen LogP contribution in [0.4, 0.5) is 17.6 Å². The minimum absolute atomic E-state index is 0.143. The fourth-order valence-corrected chi connectivity index (χ4v) is 1.46. The molecule has 1 heterocycles. The van der Waals surface area contributed by atoms with Crippen LogP contribution in [0.3, 0.4) is 0 Å². The van der Waals surface area contributed by atoms with E-state index < -0.39 is 17.6 Å². The van der Waals surface area contributed by atoms with E-state index >= 15 is 0 Å². The Bertz CT molecular complexity index is 630. The molecule has 0 aliphatic carbocycles. The topological polar surface area (TPSA) is 67.7 Å². The van der Waals surface area contributed by atoms with Crippen molar-refractivity contribution in [2.24, 2.45) is 5.73 Å². The summed E-state index contributed by atoms with van der Waals surface area (Å²) in [6.45, 7) is 0. The molecule has 0 spiro atoms. The average molecular weight is 272 g/mol. The SMILES string of the molecule is N=C(N)c1ccc(-n2cc(C(F)(F)F)cn2)c(F)c1. The van der Waals surface area contributed by atoms with Gasteiger partial charge in [0, 0.05) is 11.8 Å². The van der Waals surface area contributed by atoms with E-state index in [4.69, 9.17) is 11.1 Å². The van der Waals surface area contributed by atoms with Crippen molar-refractivity contribution in [1.82, 2.24) is 9.78 Å². The number of hydrogen-bond acceptors (Lipinski definition) is 2. The predicted octanol–water partition coefficient (Wildman–Crippen LogP) is 2.31. The average Bonchev–Trinajstić information content (AvgIpc) is 2.77. The molecule has 8 heteroatoms. The van der Waals surface area contributed by atoms with E-state index in [-0.39, 0.29) is 17.1 Å². The van der Waals surface area contributed by atoms with Crippen molar-refractivity contribution >= 4 is 5.84 Å². The van der Waals surface area contributed by atoms with Gasteiger partial charge in [-0.25, -0.2) is 9.07 Å². The van der Waals surface area contributed by atoms with Gasteiger partial charge in [-0.15, -0.1) is 0 Å². The van der Waals surface area contributed by atoms with E-state index in [2.05, 4.69) is 5.10 Å². The molecule has 0 unspecified atom stereocenters. The number of alkyl halides is 3. The molecule has 19 heavy (non-hydrogen) atoms. The largest absolute Gasteiger partial charge is 0.419 e. The van der Waals surface area contributed by atoms with Gasteiger partial charge in [-0.2, -0.15) is 18.3 Å². The van der Waals surface area contributed by atoms with Gasteiger partial charge in [0.05, 0.1) is 11.8 Å². The molecule has 2 aromatic rings. The molecule has 0 fully saturated rings. The predicted molar refractivity (Wildman–Crippen MR) is 59.5 cm³/mol. The van der Waals surface area contributed by atoms with Crippen LogP contribution in [0.25, 0.3) is 5.69 Å². The van der Waals surface area contributed by atoms with Crippen LogP contribution in [0.15, 0.2) is 30.6 Å². The Morgan fingerprint density at radius 3 is 2.47 bits per heavy atom. The highest BCUT2D eigenvalue weighted by molar-refractivity contribution is 5.95. The summed E-state index contributed by atoms with van der Waals surface area (Å²) in [4.78, 5) is 0. The Morgan fingerprint density at radius 1 is 1.32 bits per heavy atom. The molecule has 0 saturated carbocycles. The third-order valence-corrected chi connectivity index (χ3v) is 2.42. The number of aromatic nitrogens is 2. The van der Waals surface area contributed by atoms with Crippen LogP contribution in [-0.2, 0) is 6.18 Å². The smallest absolute Gasteiger partial charge is 0.384 e. The second-order valence-electron chi connectivity index (χ2n) is 3.75. The Kier molecular flexibility index (Phi) is 3.01. The molecule has 1 aromatic heterocycles. The fourth-order valence-electron chi connectivity index (χ4n) is 1.46. The first-order valence-corrected chi connectivity index (χ1v) is 5.05. The normalized spacial score (nSPS) is 11.6. The Balaban J connectivity index is 2.43. The molecular formula is C11H8F4N4. The molecule has 0 atom stereocenters. The summed E-state index contributed by atoms with van der Waals surface area (Å²) < 4.78 is 51.7. The summed E-state index contributed by atoms with van der Waals surface area (Å²) in [5, 5.41) is 10.6. The highest BCUT2D eigenvalue weighted by Gasteiger charge is 2.32. The number of rotatable bonds is 2. The van der Waals surface area contributed by atoms with Crippen molar-refractivity contribution in [3.63, 3.8) is 0 Å². The first-order valence-electron chi connectivity index (χ1n) is 5.05. The summed E-state index contributed by atoms with van der Waals surface area (Å²) >= 11 is 0. The fraction of sp³-hybridized carbons (Fsp3) is 0.0909. The van der Waals surface area contributed by atoms with Crippen LogP contribution in [0.5, 0.6) is 0 Å². The van der Waals surface area contributed by atoms with Crippen molar-refractivity contribution < 1.29 is 17.6 Å². The maximum atomic E-state index is 13.7. The standard InChI is InChI=1S/C11H8F4N4/c12-8-3-6(10(16)17)1-2-9(8)19-5-7(4-18-19)11(13,14)15/h1-5H,(H3,16,17). The van der Waals surface area contributed by atoms with E-state index in [1.54, 1.807) is 0 Å². The van der Waals surface area contributed by atoms with Crippen molar-refractivity contribution in [2.45, 2.75) is 6.18 Å². The number of nitrogens with one attached hydrogen (secondary N) is 1. The lowest BCUT2D eigenvalue weighted by atomic mass is 10.2. The van der Waals surface area contributed by atoms with Gasteiger partial charge < -0.3 is 5.73 Å². The van der Waals surface area contributed by atoms with Crippen molar-refractivity contribution in [3.05, 3.63) is 47.5 Å². The Morgan fingerprint density at radius 2 is 2.00 bits per heavy atom. The van der Waals surface area contributed by atoms with Crippen molar-refractivity contribution in [1.29, 1.82) is 5.41 Å². The van der Waals surface area contributed by atoms with Crippen LogP contribution >= 0.6 is 0 Å². The molecule has 0 saturated heterocycles. The third-order valence-electron chi connectivity index (χ3n) is 2.42. The zero-order valence-electron chi connectivity index (χ0n) is 9.37. The first-order chi connectivity index (χ1) is 8.79. The first kappa shape index (κ1) is 13.1. The number of nitrogens with zero attached hydrogens (tertiary/aromatic N) is 2. The number of hydrogen-bond donors (Lipinski definition) is 2. The molecule has 0 aliphatic rings. The molecular weight excluding hydrogens is 264 g/mol. The van der Waals surface area contributed by atoms with Gasteiger partial charge in [0.15, 0.2) is 0 Å². The van der Waals surface area contributed by atoms with E-state index in [0.29, 0.717) is 12.4 Å². The van der Waals surface area contributed by atoms with Gasteiger partial charge in [0.2, 0.25) is 0 Å². The highest BCUT2D eigenvalue weighted by atomic mass is 19.4. The van der Waals surface area contributed by atoms with E-state index in [1.165, 1.54) is 12.1 Å². The summed E-state index contributed by atoms with van der Waals surface area (Å²) in [6.07, 6.45) is -3.24. The molecule has 100 valence electrons. The summed E-state index contributed by atoms with van der Waals surface area (Å²) in [5.74, 6) is -1.15. The zero-order chi connectivity index (χ0) is 14.2. The monoisotopic (exact) mass is 272 g/mol. The van der Waals surface area contributed by atoms with E-state index in [1.807, 2.05) is 0 Å². The number of nitrogen functional groups attached to an aromatic ring is 1.